The first-order chi connectivity index (χ1) is 16.4. The maximum atomic E-state index is 9.08. The number of aliphatic hydroxyl groups is 3. The molecular formula is C27H38O7. The maximum absolute atomic E-state index is 9.08. The molecule has 4 rings (SSSR count). The summed E-state index contributed by atoms with van der Waals surface area (Å²) >= 11 is 0. The van der Waals surface area contributed by atoms with Crippen LogP contribution < -0.4 is 0 Å². The van der Waals surface area contributed by atoms with Crippen LogP contribution in [0.25, 0.3) is 0 Å². The van der Waals surface area contributed by atoms with Crippen LogP contribution in [0.4, 0.5) is 0 Å². The van der Waals surface area contributed by atoms with Crippen LogP contribution in [0.5, 0.6) is 0 Å². The van der Waals surface area contributed by atoms with Crippen LogP contribution in [0.1, 0.15) is 31.9 Å². The number of aliphatic hydroxyl groups excluding tert-OH is 3. The third kappa shape index (κ3) is 7.58. The van der Waals surface area contributed by atoms with Crippen LogP contribution >= 0.6 is 0 Å². The van der Waals surface area contributed by atoms with Crippen molar-refractivity contribution in [2.45, 2.75) is 76.7 Å². The smallest absolute Gasteiger partial charge is 0.110 e. The van der Waals surface area contributed by atoms with E-state index in [-0.39, 0.29) is 24.9 Å². The molecule has 8 atom stereocenters. The van der Waals surface area contributed by atoms with Gasteiger partial charge in [0, 0.05) is 5.92 Å². The van der Waals surface area contributed by atoms with Gasteiger partial charge < -0.3 is 34.3 Å². The zero-order valence-corrected chi connectivity index (χ0v) is 20.2. The van der Waals surface area contributed by atoms with Crippen molar-refractivity contribution in [3.8, 4) is 0 Å². The summed E-state index contributed by atoms with van der Waals surface area (Å²) in [5, 5.41) is 27.0. The normalized spacial score (nSPS) is 33.6. The first-order valence-electron chi connectivity index (χ1n) is 11.9. The SMILES string of the molecule is CC1C(OCc2ccccc2)[C@H](OCc2ccccc2)CO[C@H]1C.C[C@@H]1OC[C@@H](O)C(O)C1O. The molecule has 0 amide bonds. The maximum Gasteiger partial charge on any atom is 0.110 e. The van der Waals surface area contributed by atoms with Gasteiger partial charge in [-0.2, -0.15) is 0 Å². The number of ether oxygens (including phenoxy) is 4. The van der Waals surface area contributed by atoms with E-state index in [1.54, 1.807) is 6.92 Å². The second kappa shape index (κ2) is 13.3. The van der Waals surface area contributed by atoms with Gasteiger partial charge in [-0.1, -0.05) is 67.6 Å². The first kappa shape index (κ1) is 26.8. The highest BCUT2D eigenvalue weighted by Crippen LogP contribution is 2.27. The minimum atomic E-state index is -1.07. The van der Waals surface area contributed by atoms with Gasteiger partial charge >= 0.3 is 0 Å². The van der Waals surface area contributed by atoms with Crippen molar-refractivity contribution >= 4 is 0 Å². The summed E-state index contributed by atoms with van der Waals surface area (Å²) in [6.45, 7) is 7.81. The average Bonchev–Trinajstić information content (AvgIpc) is 2.87. The van der Waals surface area contributed by atoms with E-state index in [0.717, 1.165) is 0 Å². The first-order valence-corrected chi connectivity index (χ1v) is 11.9. The molecule has 7 nitrogen and oxygen atoms in total. The quantitative estimate of drug-likeness (QED) is 0.592. The molecule has 2 fully saturated rings. The van der Waals surface area contributed by atoms with E-state index in [9.17, 15) is 0 Å². The van der Waals surface area contributed by atoms with Crippen LogP contribution in [0.2, 0.25) is 0 Å². The van der Waals surface area contributed by atoms with Gasteiger partial charge in [-0.25, -0.2) is 0 Å². The molecule has 0 saturated carbocycles. The molecule has 4 unspecified atom stereocenters. The van der Waals surface area contributed by atoms with Crippen LogP contribution in [0.3, 0.4) is 0 Å². The summed E-state index contributed by atoms with van der Waals surface area (Å²) < 4.78 is 23.2. The molecule has 0 spiro atoms. The van der Waals surface area contributed by atoms with Gasteiger partial charge in [0.1, 0.15) is 24.4 Å². The Bertz CT molecular complexity index is 804. The summed E-state index contributed by atoms with van der Waals surface area (Å²) in [6, 6.07) is 20.5. The molecule has 34 heavy (non-hydrogen) atoms. The van der Waals surface area contributed by atoms with E-state index in [1.165, 1.54) is 11.1 Å². The lowest BCUT2D eigenvalue weighted by atomic mass is 9.92. The Balaban J connectivity index is 0.000000271. The standard InChI is InChI=1S/C21H26O3.C6H12O4/c1-16-17(2)22-15-20(23-13-18-9-5-3-6-10-18)21(16)24-14-19-11-7-4-8-12-19;1-3-5(8)6(9)4(7)2-10-3/h3-12,16-17,20-21H,13-15H2,1-2H3;3-9H,2H2,1H3/t16?,17-,20+,21?;3-,4+,5?,6?/m00/s1. The van der Waals surface area contributed by atoms with E-state index < -0.39 is 24.4 Å². The van der Waals surface area contributed by atoms with Crippen LogP contribution in [-0.2, 0) is 32.2 Å². The summed E-state index contributed by atoms with van der Waals surface area (Å²) in [5.74, 6) is 0.295. The molecular weight excluding hydrogens is 436 g/mol. The van der Waals surface area contributed by atoms with Crippen LogP contribution in [0.15, 0.2) is 60.7 Å². The zero-order chi connectivity index (χ0) is 24.5. The lowest BCUT2D eigenvalue weighted by molar-refractivity contribution is -0.193. The molecule has 2 aromatic rings. The summed E-state index contributed by atoms with van der Waals surface area (Å²) in [4.78, 5) is 0. The van der Waals surface area contributed by atoms with Crippen molar-refractivity contribution < 1.29 is 34.3 Å². The van der Waals surface area contributed by atoms with Gasteiger partial charge in [-0.3, -0.25) is 0 Å². The van der Waals surface area contributed by atoms with Gasteiger partial charge in [0.2, 0.25) is 0 Å². The van der Waals surface area contributed by atoms with Crippen LogP contribution in [-0.4, -0.2) is 71.3 Å². The monoisotopic (exact) mass is 474 g/mol. The second-order valence-electron chi connectivity index (χ2n) is 9.08. The molecule has 2 aromatic carbocycles. The van der Waals surface area contributed by atoms with E-state index in [4.69, 9.17) is 34.3 Å². The molecule has 0 aromatic heterocycles. The predicted octanol–water partition coefficient (Wildman–Crippen LogP) is 2.70. The third-order valence-corrected chi connectivity index (χ3v) is 6.50. The fourth-order valence-corrected chi connectivity index (χ4v) is 4.00. The number of rotatable bonds is 6. The molecule has 188 valence electrons. The topological polar surface area (TPSA) is 97.6 Å². The fourth-order valence-electron chi connectivity index (χ4n) is 4.00. The second-order valence-corrected chi connectivity index (χ2v) is 9.08. The lowest BCUT2D eigenvalue weighted by Crippen LogP contribution is -2.51. The van der Waals surface area contributed by atoms with Crippen molar-refractivity contribution in [3.63, 3.8) is 0 Å². The van der Waals surface area contributed by atoms with E-state index in [0.29, 0.717) is 25.7 Å². The predicted molar refractivity (Wildman–Crippen MR) is 128 cm³/mol. The van der Waals surface area contributed by atoms with Gasteiger partial charge in [0.25, 0.3) is 0 Å². The Morgan fingerprint density at radius 1 is 0.706 bits per heavy atom. The summed E-state index contributed by atoms with van der Waals surface area (Å²) in [7, 11) is 0. The third-order valence-electron chi connectivity index (χ3n) is 6.50. The number of hydrogen-bond acceptors (Lipinski definition) is 7. The molecule has 3 N–H and O–H groups in total. The molecule has 0 bridgehead atoms. The van der Waals surface area contributed by atoms with E-state index >= 15 is 0 Å². The lowest BCUT2D eigenvalue weighted by Gasteiger charge is -2.39. The van der Waals surface area contributed by atoms with Crippen molar-refractivity contribution in [3.05, 3.63) is 71.8 Å². The molecule has 2 saturated heterocycles. The number of hydrogen-bond donors (Lipinski definition) is 3. The molecule has 0 aliphatic carbocycles. The molecule has 7 heteroatoms. The summed E-state index contributed by atoms with van der Waals surface area (Å²) in [6.07, 6.45) is -3.20. The van der Waals surface area contributed by atoms with Crippen molar-refractivity contribution in [1.29, 1.82) is 0 Å². The largest absolute Gasteiger partial charge is 0.388 e. The minimum absolute atomic E-state index is 0.0395. The van der Waals surface area contributed by atoms with Crippen molar-refractivity contribution in [1.82, 2.24) is 0 Å². The molecule has 2 aliphatic heterocycles. The van der Waals surface area contributed by atoms with Gasteiger partial charge in [-0.15, -0.1) is 0 Å². The Morgan fingerprint density at radius 2 is 1.24 bits per heavy atom. The molecule has 2 aliphatic rings. The summed E-state index contributed by atoms with van der Waals surface area (Å²) in [5.41, 5.74) is 2.36. The van der Waals surface area contributed by atoms with Crippen molar-refractivity contribution in [2.75, 3.05) is 13.2 Å². The molecule has 2 heterocycles. The van der Waals surface area contributed by atoms with E-state index in [2.05, 4.69) is 38.1 Å². The Hall–Kier alpha value is -1.84. The number of benzene rings is 2. The fraction of sp³-hybridized carbons (Fsp3) is 0.556. The average molecular weight is 475 g/mol. The van der Waals surface area contributed by atoms with Gasteiger partial charge in [0.15, 0.2) is 0 Å². The van der Waals surface area contributed by atoms with Gasteiger partial charge in [-0.05, 0) is 25.0 Å². The highest BCUT2D eigenvalue weighted by atomic mass is 16.6. The highest BCUT2D eigenvalue weighted by Gasteiger charge is 2.37. The van der Waals surface area contributed by atoms with Crippen LogP contribution in [0, 0.1) is 5.92 Å². The minimum Gasteiger partial charge on any atom is -0.388 e. The van der Waals surface area contributed by atoms with E-state index in [1.807, 2.05) is 36.4 Å². The van der Waals surface area contributed by atoms with Gasteiger partial charge in [0.05, 0.1) is 44.7 Å². The highest BCUT2D eigenvalue weighted by molar-refractivity contribution is 5.14. The Labute approximate surface area is 202 Å². The Morgan fingerprint density at radius 3 is 1.79 bits per heavy atom. The zero-order valence-electron chi connectivity index (χ0n) is 20.2. The van der Waals surface area contributed by atoms with Crippen molar-refractivity contribution in [2.24, 2.45) is 5.92 Å². The molecule has 0 radical (unpaired) electrons. The Kier molecular flexibility index (Phi) is 10.5.